The molecule has 2 heteroatoms. The Bertz CT molecular complexity index is 501. The summed E-state index contributed by atoms with van der Waals surface area (Å²) in [4.78, 5) is 0. The first-order chi connectivity index (χ1) is 10.3. The zero-order valence-electron chi connectivity index (χ0n) is 12.3. The molecule has 2 aromatic rings. The van der Waals surface area contributed by atoms with Gasteiger partial charge in [0.1, 0.15) is 0 Å². The number of aliphatic hydroxyl groups is 1. The van der Waals surface area contributed by atoms with Crippen molar-refractivity contribution in [2.24, 2.45) is 0 Å². The van der Waals surface area contributed by atoms with Crippen LogP contribution in [0.4, 0.5) is 0 Å². The summed E-state index contributed by atoms with van der Waals surface area (Å²) in [6.07, 6.45) is 3.90. The van der Waals surface area contributed by atoms with Crippen LogP contribution in [0.5, 0.6) is 0 Å². The summed E-state index contributed by atoms with van der Waals surface area (Å²) in [5, 5.41) is 13.7. The summed E-state index contributed by atoms with van der Waals surface area (Å²) in [5.74, 6) is 0. The average molecular weight is 281 g/mol. The SMILES string of the molecule is OC1CCCC(NC(c2ccccc2)c2ccccc2)C1. The first-order valence-electron chi connectivity index (χ1n) is 7.87. The van der Waals surface area contributed by atoms with E-state index in [0.717, 1.165) is 25.7 Å². The van der Waals surface area contributed by atoms with Crippen molar-refractivity contribution in [3.05, 3.63) is 71.8 Å². The minimum atomic E-state index is -0.150. The van der Waals surface area contributed by atoms with Gasteiger partial charge < -0.3 is 10.4 Å². The Morgan fingerprint density at radius 1 is 0.857 bits per heavy atom. The zero-order chi connectivity index (χ0) is 14.5. The topological polar surface area (TPSA) is 32.3 Å². The quantitative estimate of drug-likeness (QED) is 0.896. The molecular weight excluding hydrogens is 258 g/mol. The van der Waals surface area contributed by atoms with Crippen molar-refractivity contribution in [3.8, 4) is 0 Å². The van der Waals surface area contributed by atoms with E-state index >= 15 is 0 Å². The van der Waals surface area contributed by atoms with Crippen molar-refractivity contribution >= 4 is 0 Å². The maximum absolute atomic E-state index is 9.89. The van der Waals surface area contributed by atoms with Gasteiger partial charge in [0, 0.05) is 6.04 Å². The van der Waals surface area contributed by atoms with Crippen LogP contribution in [0.15, 0.2) is 60.7 Å². The van der Waals surface area contributed by atoms with E-state index in [9.17, 15) is 5.11 Å². The Hall–Kier alpha value is -1.64. The third kappa shape index (κ3) is 3.72. The van der Waals surface area contributed by atoms with Gasteiger partial charge in [0.25, 0.3) is 0 Å². The smallest absolute Gasteiger partial charge is 0.0578 e. The van der Waals surface area contributed by atoms with Crippen LogP contribution in [0.1, 0.15) is 42.9 Å². The Morgan fingerprint density at radius 3 is 1.95 bits per heavy atom. The zero-order valence-corrected chi connectivity index (χ0v) is 12.3. The molecule has 110 valence electrons. The lowest BCUT2D eigenvalue weighted by molar-refractivity contribution is 0.110. The third-order valence-corrected chi connectivity index (χ3v) is 4.31. The fourth-order valence-electron chi connectivity index (χ4n) is 3.23. The number of nitrogens with one attached hydrogen (secondary N) is 1. The van der Waals surface area contributed by atoms with Gasteiger partial charge in [0.2, 0.25) is 0 Å². The van der Waals surface area contributed by atoms with Crippen LogP contribution in [-0.2, 0) is 0 Å². The second-order valence-corrected chi connectivity index (χ2v) is 5.94. The van der Waals surface area contributed by atoms with Crippen LogP contribution >= 0.6 is 0 Å². The highest BCUT2D eigenvalue weighted by atomic mass is 16.3. The molecule has 1 aliphatic rings. The molecule has 0 bridgehead atoms. The van der Waals surface area contributed by atoms with Gasteiger partial charge in [-0.25, -0.2) is 0 Å². The maximum atomic E-state index is 9.89. The molecule has 2 atom stereocenters. The van der Waals surface area contributed by atoms with Crippen LogP contribution in [0.2, 0.25) is 0 Å². The fraction of sp³-hybridized carbons (Fsp3) is 0.368. The van der Waals surface area contributed by atoms with E-state index in [4.69, 9.17) is 0 Å². The molecule has 1 fully saturated rings. The molecule has 3 rings (SSSR count). The van der Waals surface area contributed by atoms with Crippen LogP contribution in [0.3, 0.4) is 0 Å². The molecule has 1 saturated carbocycles. The van der Waals surface area contributed by atoms with Gasteiger partial charge in [0.15, 0.2) is 0 Å². The first kappa shape index (κ1) is 14.3. The number of hydrogen-bond acceptors (Lipinski definition) is 2. The lowest BCUT2D eigenvalue weighted by Gasteiger charge is -2.31. The van der Waals surface area contributed by atoms with E-state index in [2.05, 4.69) is 66.0 Å². The van der Waals surface area contributed by atoms with Crippen LogP contribution in [0.25, 0.3) is 0 Å². The van der Waals surface area contributed by atoms with Crippen molar-refractivity contribution < 1.29 is 5.11 Å². The number of hydrogen-bond donors (Lipinski definition) is 2. The Balaban J connectivity index is 1.83. The summed E-state index contributed by atoms with van der Waals surface area (Å²) in [7, 11) is 0. The number of benzene rings is 2. The van der Waals surface area contributed by atoms with Gasteiger partial charge in [-0.05, 0) is 36.8 Å². The van der Waals surface area contributed by atoms with Gasteiger partial charge in [-0.3, -0.25) is 0 Å². The monoisotopic (exact) mass is 281 g/mol. The van der Waals surface area contributed by atoms with Crippen molar-refractivity contribution in [3.63, 3.8) is 0 Å². The predicted molar refractivity (Wildman–Crippen MR) is 86.1 cm³/mol. The van der Waals surface area contributed by atoms with E-state index < -0.39 is 0 Å². The molecule has 0 aromatic heterocycles. The van der Waals surface area contributed by atoms with Crippen LogP contribution < -0.4 is 5.32 Å². The molecule has 21 heavy (non-hydrogen) atoms. The molecule has 1 aliphatic carbocycles. The molecule has 2 aromatic carbocycles. The highest BCUT2D eigenvalue weighted by Gasteiger charge is 2.24. The third-order valence-electron chi connectivity index (χ3n) is 4.31. The highest BCUT2D eigenvalue weighted by Crippen LogP contribution is 2.26. The van der Waals surface area contributed by atoms with Gasteiger partial charge in [-0.2, -0.15) is 0 Å². The van der Waals surface area contributed by atoms with Crippen LogP contribution in [-0.4, -0.2) is 17.3 Å². The second-order valence-electron chi connectivity index (χ2n) is 5.94. The molecule has 2 N–H and O–H groups in total. The van der Waals surface area contributed by atoms with Gasteiger partial charge in [-0.1, -0.05) is 60.7 Å². The van der Waals surface area contributed by atoms with Crippen molar-refractivity contribution in [1.29, 1.82) is 0 Å². The standard InChI is InChI=1S/C19H23NO/c21-18-13-7-12-17(14-18)20-19(15-8-3-1-4-9-15)16-10-5-2-6-11-16/h1-6,8-11,17-21H,7,12-14H2. The van der Waals surface area contributed by atoms with E-state index in [-0.39, 0.29) is 12.1 Å². The summed E-state index contributed by atoms with van der Waals surface area (Å²) >= 11 is 0. The van der Waals surface area contributed by atoms with E-state index in [1.165, 1.54) is 11.1 Å². The van der Waals surface area contributed by atoms with E-state index in [1.54, 1.807) is 0 Å². The minimum Gasteiger partial charge on any atom is -0.393 e. The fourth-order valence-corrected chi connectivity index (χ4v) is 3.23. The largest absolute Gasteiger partial charge is 0.393 e. The normalized spacial score (nSPS) is 22.4. The maximum Gasteiger partial charge on any atom is 0.0578 e. The van der Waals surface area contributed by atoms with Crippen LogP contribution in [0, 0.1) is 0 Å². The lowest BCUT2D eigenvalue weighted by Crippen LogP contribution is -2.38. The lowest BCUT2D eigenvalue weighted by atomic mass is 9.90. The Labute approximate surface area is 126 Å². The number of rotatable bonds is 4. The molecule has 2 unspecified atom stereocenters. The minimum absolute atomic E-state index is 0.150. The molecule has 0 heterocycles. The summed E-state index contributed by atoms with van der Waals surface area (Å²) < 4.78 is 0. The Kier molecular flexibility index (Phi) is 4.69. The summed E-state index contributed by atoms with van der Waals surface area (Å²) in [6, 6.07) is 21.7. The molecule has 0 saturated heterocycles. The van der Waals surface area contributed by atoms with E-state index in [1.807, 2.05) is 0 Å². The molecule has 0 radical (unpaired) electrons. The van der Waals surface area contributed by atoms with Gasteiger partial charge in [0.05, 0.1) is 12.1 Å². The molecule has 0 spiro atoms. The summed E-state index contributed by atoms with van der Waals surface area (Å²) in [6.45, 7) is 0. The average Bonchev–Trinajstić information content (AvgIpc) is 2.54. The Morgan fingerprint density at radius 2 is 1.43 bits per heavy atom. The predicted octanol–water partition coefficient (Wildman–Crippen LogP) is 3.67. The first-order valence-corrected chi connectivity index (χ1v) is 7.87. The van der Waals surface area contributed by atoms with Gasteiger partial charge >= 0.3 is 0 Å². The number of aliphatic hydroxyl groups excluding tert-OH is 1. The molecule has 0 amide bonds. The molecular formula is C19H23NO. The molecule has 0 aliphatic heterocycles. The van der Waals surface area contributed by atoms with Crippen molar-refractivity contribution in [1.82, 2.24) is 5.32 Å². The highest BCUT2D eigenvalue weighted by molar-refractivity contribution is 5.31. The van der Waals surface area contributed by atoms with Crippen molar-refractivity contribution in [2.75, 3.05) is 0 Å². The van der Waals surface area contributed by atoms with E-state index in [0.29, 0.717) is 6.04 Å². The summed E-state index contributed by atoms with van der Waals surface area (Å²) in [5.41, 5.74) is 2.56. The van der Waals surface area contributed by atoms with Gasteiger partial charge in [-0.15, -0.1) is 0 Å². The van der Waals surface area contributed by atoms with Crippen molar-refractivity contribution in [2.45, 2.75) is 43.9 Å². The second kappa shape index (κ2) is 6.88. The molecule has 2 nitrogen and oxygen atoms in total.